The second kappa shape index (κ2) is 5.40. The number of nitrogens with zero attached hydrogens (tertiary/aromatic N) is 2. The maximum absolute atomic E-state index is 11.2. The lowest BCUT2D eigenvalue weighted by Gasteiger charge is -2.32. The number of rotatable bonds is 2. The summed E-state index contributed by atoms with van der Waals surface area (Å²) in [6.45, 7) is 5.57. The van der Waals surface area contributed by atoms with Gasteiger partial charge in [-0.2, -0.15) is 0 Å². The maximum atomic E-state index is 11.2. The van der Waals surface area contributed by atoms with Crippen LogP contribution < -0.4 is 10.2 Å². The number of carbonyl (C=O) groups is 1. The lowest BCUT2D eigenvalue weighted by Crippen LogP contribution is -2.47. The number of fused-ring (bicyclic) bond motifs is 1. The van der Waals surface area contributed by atoms with Crippen LogP contribution in [0.3, 0.4) is 0 Å². The molecule has 5 heteroatoms. The minimum absolute atomic E-state index is 0.0528. The largest absolute Gasteiger partial charge is 0.352 e. The molecule has 0 radical (unpaired) electrons. The number of hydrogen-bond donors (Lipinski definition) is 1. The molecule has 106 valence electrons. The van der Waals surface area contributed by atoms with Crippen LogP contribution in [0.15, 0.2) is 18.2 Å². The van der Waals surface area contributed by atoms with Crippen molar-refractivity contribution >= 4 is 32.6 Å². The van der Waals surface area contributed by atoms with Gasteiger partial charge in [0.15, 0.2) is 5.13 Å². The number of anilines is 1. The van der Waals surface area contributed by atoms with Crippen LogP contribution in [0, 0.1) is 6.92 Å². The summed E-state index contributed by atoms with van der Waals surface area (Å²) in [4.78, 5) is 18.3. The molecular formula is C15H19N3OS. The van der Waals surface area contributed by atoms with E-state index in [1.165, 1.54) is 10.3 Å². The molecular weight excluding hydrogens is 270 g/mol. The van der Waals surface area contributed by atoms with Crippen molar-refractivity contribution in [3.8, 4) is 0 Å². The van der Waals surface area contributed by atoms with Gasteiger partial charge in [0.25, 0.3) is 0 Å². The molecule has 0 aliphatic carbocycles. The fraction of sp³-hybridized carbons (Fsp3) is 0.467. The molecule has 20 heavy (non-hydrogen) atoms. The van der Waals surface area contributed by atoms with Gasteiger partial charge in [-0.25, -0.2) is 4.98 Å². The van der Waals surface area contributed by atoms with E-state index in [0.717, 1.165) is 36.6 Å². The smallest absolute Gasteiger partial charge is 0.217 e. The molecule has 1 amide bonds. The number of thiazole rings is 1. The highest BCUT2D eigenvalue weighted by Gasteiger charge is 2.22. The summed E-state index contributed by atoms with van der Waals surface area (Å²) in [5.41, 5.74) is 2.33. The molecule has 1 fully saturated rings. The van der Waals surface area contributed by atoms with Gasteiger partial charge in [-0.15, -0.1) is 0 Å². The summed E-state index contributed by atoms with van der Waals surface area (Å²) in [6.07, 6.45) is 2.15. The van der Waals surface area contributed by atoms with Crippen molar-refractivity contribution in [2.45, 2.75) is 32.7 Å². The SMILES string of the molecule is CC(=O)NC1CCCN(c2nc3c(C)cccc3s2)C1. The highest BCUT2D eigenvalue weighted by Crippen LogP contribution is 2.31. The zero-order valence-corrected chi connectivity index (χ0v) is 12.7. The van der Waals surface area contributed by atoms with Gasteiger partial charge in [-0.05, 0) is 31.4 Å². The van der Waals surface area contributed by atoms with Crippen molar-refractivity contribution < 1.29 is 4.79 Å². The predicted molar refractivity (Wildman–Crippen MR) is 83.4 cm³/mol. The number of carbonyl (C=O) groups excluding carboxylic acids is 1. The first kappa shape index (κ1) is 13.4. The first-order valence-corrected chi connectivity index (χ1v) is 7.83. The number of amides is 1. The Morgan fingerprint density at radius 1 is 1.50 bits per heavy atom. The first-order valence-electron chi connectivity index (χ1n) is 7.01. The third kappa shape index (κ3) is 2.63. The average Bonchev–Trinajstić information content (AvgIpc) is 2.84. The number of aromatic nitrogens is 1. The molecule has 1 aliphatic heterocycles. The third-order valence-electron chi connectivity index (χ3n) is 3.71. The molecule has 4 nitrogen and oxygen atoms in total. The van der Waals surface area contributed by atoms with Crippen molar-refractivity contribution in [3.63, 3.8) is 0 Å². The molecule has 1 aromatic carbocycles. The zero-order chi connectivity index (χ0) is 14.1. The van der Waals surface area contributed by atoms with E-state index in [-0.39, 0.29) is 11.9 Å². The summed E-state index contributed by atoms with van der Waals surface area (Å²) >= 11 is 1.74. The Morgan fingerprint density at radius 2 is 2.35 bits per heavy atom. The van der Waals surface area contributed by atoms with Crippen LogP contribution in [0.2, 0.25) is 0 Å². The Morgan fingerprint density at radius 3 is 3.10 bits per heavy atom. The molecule has 2 aromatic rings. The molecule has 1 atom stereocenters. The first-order chi connectivity index (χ1) is 9.63. The van der Waals surface area contributed by atoms with E-state index < -0.39 is 0 Å². The summed E-state index contributed by atoms with van der Waals surface area (Å²) in [6, 6.07) is 6.55. The summed E-state index contributed by atoms with van der Waals surface area (Å²) in [5, 5.41) is 4.10. The van der Waals surface area contributed by atoms with Gasteiger partial charge in [-0.1, -0.05) is 23.5 Å². The quantitative estimate of drug-likeness (QED) is 0.924. The van der Waals surface area contributed by atoms with E-state index in [1.54, 1.807) is 18.3 Å². The Bertz CT molecular complexity index is 637. The fourth-order valence-corrected chi connectivity index (χ4v) is 3.84. The van der Waals surface area contributed by atoms with Crippen LogP contribution in [-0.4, -0.2) is 30.0 Å². The number of aryl methyl sites for hydroxylation is 1. The van der Waals surface area contributed by atoms with Gasteiger partial charge in [0.1, 0.15) is 0 Å². The molecule has 1 aromatic heterocycles. The second-order valence-corrected chi connectivity index (χ2v) is 6.41. The molecule has 0 spiro atoms. The number of piperidine rings is 1. The van der Waals surface area contributed by atoms with Crippen LogP contribution in [0.1, 0.15) is 25.3 Å². The van der Waals surface area contributed by atoms with Crippen LogP contribution in [0.25, 0.3) is 10.2 Å². The molecule has 1 aliphatic rings. The van der Waals surface area contributed by atoms with Gasteiger partial charge >= 0.3 is 0 Å². The minimum atomic E-state index is 0.0528. The van der Waals surface area contributed by atoms with Gasteiger partial charge in [0.05, 0.1) is 10.2 Å². The van der Waals surface area contributed by atoms with Gasteiger partial charge < -0.3 is 10.2 Å². The Kier molecular flexibility index (Phi) is 3.61. The Balaban J connectivity index is 1.83. The normalized spacial score (nSPS) is 19.3. The number of nitrogens with one attached hydrogen (secondary N) is 1. The van der Waals surface area contributed by atoms with Crippen molar-refractivity contribution in [3.05, 3.63) is 23.8 Å². The standard InChI is InChI=1S/C15H19N3OS/c1-10-5-3-7-13-14(10)17-15(20-13)18-8-4-6-12(9-18)16-11(2)19/h3,5,7,12H,4,6,8-9H2,1-2H3,(H,16,19). The molecule has 0 bridgehead atoms. The van der Waals surface area contributed by atoms with E-state index in [9.17, 15) is 4.79 Å². The predicted octanol–water partition coefficient (Wildman–Crippen LogP) is 2.71. The zero-order valence-electron chi connectivity index (χ0n) is 11.8. The lowest BCUT2D eigenvalue weighted by atomic mass is 10.1. The van der Waals surface area contributed by atoms with Crippen LogP contribution in [-0.2, 0) is 4.79 Å². The van der Waals surface area contributed by atoms with E-state index in [2.05, 4.69) is 35.3 Å². The number of hydrogen-bond acceptors (Lipinski definition) is 4. The van der Waals surface area contributed by atoms with E-state index in [1.807, 2.05) is 0 Å². The highest BCUT2D eigenvalue weighted by molar-refractivity contribution is 7.22. The molecule has 1 saturated heterocycles. The van der Waals surface area contributed by atoms with Crippen molar-refractivity contribution in [2.24, 2.45) is 0 Å². The second-order valence-electron chi connectivity index (χ2n) is 5.40. The van der Waals surface area contributed by atoms with Crippen molar-refractivity contribution in [1.82, 2.24) is 10.3 Å². The summed E-state index contributed by atoms with van der Waals surface area (Å²) in [7, 11) is 0. The molecule has 3 rings (SSSR count). The lowest BCUT2D eigenvalue weighted by molar-refractivity contribution is -0.119. The van der Waals surface area contributed by atoms with Crippen LogP contribution in [0.5, 0.6) is 0 Å². The van der Waals surface area contributed by atoms with Gasteiger partial charge in [-0.3, -0.25) is 4.79 Å². The van der Waals surface area contributed by atoms with Crippen molar-refractivity contribution in [2.75, 3.05) is 18.0 Å². The maximum Gasteiger partial charge on any atom is 0.217 e. The number of benzene rings is 1. The molecule has 1 N–H and O–H groups in total. The van der Waals surface area contributed by atoms with Crippen LogP contribution in [0.4, 0.5) is 5.13 Å². The third-order valence-corrected chi connectivity index (χ3v) is 4.79. The molecule has 2 heterocycles. The Hall–Kier alpha value is -1.62. The fourth-order valence-electron chi connectivity index (χ4n) is 2.77. The molecule has 1 unspecified atom stereocenters. The average molecular weight is 289 g/mol. The van der Waals surface area contributed by atoms with Gasteiger partial charge in [0.2, 0.25) is 5.91 Å². The van der Waals surface area contributed by atoms with E-state index in [0.29, 0.717) is 0 Å². The van der Waals surface area contributed by atoms with E-state index in [4.69, 9.17) is 4.98 Å². The summed E-state index contributed by atoms with van der Waals surface area (Å²) < 4.78 is 1.24. The van der Waals surface area contributed by atoms with E-state index >= 15 is 0 Å². The van der Waals surface area contributed by atoms with Crippen molar-refractivity contribution in [1.29, 1.82) is 0 Å². The monoisotopic (exact) mass is 289 g/mol. The number of para-hydroxylation sites is 1. The van der Waals surface area contributed by atoms with Crippen LogP contribution >= 0.6 is 11.3 Å². The Labute approximate surface area is 122 Å². The topological polar surface area (TPSA) is 45.2 Å². The minimum Gasteiger partial charge on any atom is -0.352 e. The highest BCUT2D eigenvalue weighted by atomic mass is 32.1. The van der Waals surface area contributed by atoms with Gasteiger partial charge in [0, 0.05) is 26.1 Å². The molecule has 0 saturated carbocycles. The summed E-state index contributed by atoms with van der Waals surface area (Å²) in [5.74, 6) is 0.0528.